The van der Waals surface area contributed by atoms with Gasteiger partial charge in [-0.05, 0) is 32.3 Å². The molecule has 0 heterocycles. The Bertz CT molecular complexity index is 776. The maximum atomic E-state index is 13.3. The average molecular weight is 471 g/mol. The van der Waals surface area contributed by atoms with E-state index in [1.807, 2.05) is 30.3 Å². The highest BCUT2D eigenvalue weighted by molar-refractivity contribution is 7.54. The van der Waals surface area contributed by atoms with Crippen molar-refractivity contribution >= 4 is 25.4 Å². The van der Waals surface area contributed by atoms with Crippen LogP contribution < -0.4 is 5.32 Å². The van der Waals surface area contributed by atoms with E-state index in [9.17, 15) is 18.9 Å². The summed E-state index contributed by atoms with van der Waals surface area (Å²) in [5, 5.41) is 2.54. The minimum atomic E-state index is -3.67. The highest BCUT2D eigenvalue weighted by Gasteiger charge is 2.37. The lowest BCUT2D eigenvalue weighted by Crippen LogP contribution is -2.53. The number of amides is 2. The summed E-state index contributed by atoms with van der Waals surface area (Å²) >= 11 is 0. The highest BCUT2D eigenvalue weighted by atomic mass is 31.2. The van der Waals surface area contributed by atoms with E-state index in [4.69, 9.17) is 13.8 Å². The first-order valence-corrected chi connectivity index (χ1v) is 12.5. The number of esters is 1. The molecule has 2 amide bonds. The van der Waals surface area contributed by atoms with Crippen LogP contribution in [-0.4, -0.2) is 61.3 Å². The van der Waals surface area contributed by atoms with Gasteiger partial charge in [-0.1, -0.05) is 44.2 Å². The quantitative estimate of drug-likeness (QED) is 0.329. The predicted octanol–water partition coefficient (Wildman–Crippen LogP) is 2.99. The zero-order chi connectivity index (χ0) is 24.1. The van der Waals surface area contributed by atoms with Crippen molar-refractivity contribution in [2.45, 2.75) is 47.2 Å². The lowest BCUT2D eigenvalue weighted by atomic mass is 10.0. The van der Waals surface area contributed by atoms with E-state index >= 15 is 0 Å². The lowest BCUT2D eigenvalue weighted by molar-refractivity contribution is -0.145. The fourth-order valence-corrected chi connectivity index (χ4v) is 4.74. The summed E-state index contributed by atoms with van der Waals surface area (Å²) in [6.45, 7) is 8.85. The monoisotopic (exact) mass is 470 g/mol. The van der Waals surface area contributed by atoms with Crippen molar-refractivity contribution in [3.05, 3.63) is 35.9 Å². The second kappa shape index (κ2) is 14.0. The third-order valence-electron chi connectivity index (χ3n) is 4.44. The molecule has 32 heavy (non-hydrogen) atoms. The van der Waals surface area contributed by atoms with E-state index < -0.39 is 37.6 Å². The van der Waals surface area contributed by atoms with Crippen molar-refractivity contribution in [3.63, 3.8) is 0 Å². The van der Waals surface area contributed by atoms with E-state index in [0.29, 0.717) is 0 Å². The van der Waals surface area contributed by atoms with Crippen LogP contribution in [-0.2, 0) is 39.3 Å². The topological polar surface area (TPSA) is 111 Å². The Balaban J connectivity index is 3.20. The van der Waals surface area contributed by atoms with Gasteiger partial charge in [0, 0.05) is 6.54 Å². The molecule has 0 radical (unpaired) electrons. The standard InChI is InChI=1S/C22H35N2O7P/c1-6-29-20(26)14-23-22(27)21(17(4)5)24(15-18-12-10-9-11-13-18)19(25)16-32(28,30-7-2)31-8-3/h9-13,17,21H,6-8,14-16H2,1-5H3,(H,23,27). The number of nitrogens with one attached hydrogen (secondary N) is 1. The van der Waals surface area contributed by atoms with Crippen LogP contribution in [0.2, 0.25) is 0 Å². The molecule has 0 aliphatic carbocycles. The molecule has 0 aliphatic heterocycles. The van der Waals surface area contributed by atoms with Gasteiger partial charge in [-0.3, -0.25) is 18.9 Å². The SMILES string of the molecule is CCOC(=O)CNC(=O)C(C(C)C)N(Cc1ccccc1)C(=O)CP(=O)(OCC)OCC. The van der Waals surface area contributed by atoms with Crippen LogP contribution >= 0.6 is 7.60 Å². The molecular weight excluding hydrogens is 435 g/mol. The Hall–Kier alpha value is -2.22. The largest absolute Gasteiger partial charge is 0.465 e. The van der Waals surface area contributed by atoms with Gasteiger partial charge in [0.15, 0.2) is 0 Å². The zero-order valence-corrected chi connectivity index (χ0v) is 20.4. The first-order chi connectivity index (χ1) is 15.2. The summed E-state index contributed by atoms with van der Waals surface area (Å²) in [4.78, 5) is 39.4. The number of hydrogen-bond donors (Lipinski definition) is 1. The second-order valence-electron chi connectivity index (χ2n) is 7.32. The predicted molar refractivity (Wildman–Crippen MR) is 121 cm³/mol. The van der Waals surface area contributed by atoms with Gasteiger partial charge in [-0.15, -0.1) is 0 Å². The molecule has 1 aromatic rings. The second-order valence-corrected chi connectivity index (χ2v) is 9.38. The lowest BCUT2D eigenvalue weighted by Gasteiger charge is -2.34. The summed E-state index contributed by atoms with van der Waals surface area (Å²) in [7, 11) is -3.67. The van der Waals surface area contributed by atoms with Gasteiger partial charge in [-0.2, -0.15) is 0 Å². The Labute approximate surface area is 190 Å². The van der Waals surface area contributed by atoms with Crippen LogP contribution in [0.1, 0.15) is 40.2 Å². The third-order valence-corrected chi connectivity index (χ3v) is 6.41. The highest BCUT2D eigenvalue weighted by Crippen LogP contribution is 2.48. The van der Waals surface area contributed by atoms with Crippen molar-refractivity contribution in [2.75, 3.05) is 32.5 Å². The molecule has 180 valence electrons. The molecule has 1 N–H and O–H groups in total. The van der Waals surface area contributed by atoms with E-state index in [0.717, 1.165) is 5.56 Å². The van der Waals surface area contributed by atoms with E-state index in [2.05, 4.69) is 5.32 Å². The maximum Gasteiger partial charge on any atom is 0.340 e. The minimum absolute atomic E-state index is 0.119. The normalized spacial score (nSPS) is 12.3. The number of carbonyl (C=O) groups is 3. The molecule has 0 aromatic heterocycles. The van der Waals surface area contributed by atoms with E-state index in [1.165, 1.54) is 4.90 Å². The Morgan fingerprint density at radius 2 is 1.59 bits per heavy atom. The van der Waals surface area contributed by atoms with Crippen LogP contribution in [0, 0.1) is 5.92 Å². The minimum Gasteiger partial charge on any atom is -0.465 e. The smallest absolute Gasteiger partial charge is 0.340 e. The molecule has 1 aromatic carbocycles. The van der Waals surface area contributed by atoms with E-state index in [1.54, 1.807) is 34.6 Å². The number of rotatable bonds is 14. The Morgan fingerprint density at radius 1 is 1.00 bits per heavy atom. The van der Waals surface area contributed by atoms with Gasteiger partial charge < -0.3 is 24.0 Å². The Morgan fingerprint density at radius 3 is 2.09 bits per heavy atom. The molecule has 0 fully saturated rings. The summed E-state index contributed by atoms with van der Waals surface area (Å²) < 4.78 is 28.4. The summed E-state index contributed by atoms with van der Waals surface area (Å²) in [6, 6.07) is 8.26. The van der Waals surface area contributed by atoms with Gasteiger partial charge in [-0.25, -0.2) is 0 Å². The molecular formula is C22H35N2O7P. The van der Waals surface area contributed by atoms with Crippen molar-refractivity contribution in [2.24, 2.45) is 5.92 Å². The van der Waals surface area contributed by atoms with Gasteiger partial charge in [0.05, 0.1) is 19.8 Å². The fraction of sp³-hybridized carbons (Fsp3) is 0.591. The molecule has 0 spiro atoms. The number of ether oxygens (including phenoxy) is 1. The van der Waals surface area contributed by atoms with Crippen LogP contribution in [0.5, 0.6) is 0 Å². The molecule has 9 nitrogen and oxygen atoms in total. The van der Waals surface area contributed by atoms with Gasteiger partial charge in [0.25, 0.3) is 0 Å². The first kappa shape index (κ1) is 27.8. The number of nitrogens with zero attached hydrogens (tertiary/aromatic N) is 1. The number of benzene rings is 1. The van der Waals surface area contributed by atoms with Crippen LogP contribution in [0.4, 0.5) is 0 Å². The molecule has 0 aliphatic rings. The number of hydrogen-bond acceptors (Lipinski definition) is 7. The molecule has 0 saturated carbocycles. The zero-order valence-electron chi connectivity index (χ0n) is 19.5. The first-order valence-electron chi connectivity index (χ1n) is 10.8. The molecule has 1 unspecified atom stereocenters. The maximum absolute atomic E-state index is 13.3. The summed E-state index contributed by atoms with van der Waals surface area (Å²) in [5.74, 6) is -1.89. The molecule has 10 heteroatoms. The number of carbonyl (C=O) groups excluding carboxylic acids is 3. The van der Waals surface area contributed by atoms with Crippen LogP contribution in [0.3, 0.4) is 0 Å². The van der Waals surface area contributed by atoms with Crippen LogP contribution in [0.25, 0.3) is 0 Å². The van der Waals surface area contributed by atoms with Gasteiger partial charge in [0.2, 0.25) is 11.8 Å². The average Bonchev–Trinajstić information content (AvgIpc) is 2.72. The summed E-state index contributed by atoms with van der Waals surface area (Å²) in [6.07, 6.45) is -0.490. The van der Waals surface area contributed by atoms with Gasteiger partial charge in [0.1, 0.15) is 18.7 Å². The molecule has 0 bridgehead atoms. The van der Waals surface area contributed by atoms with Crippen LogP contribution in [0.15, 0.2) is 30.3 Å². The van der Waals surface area contributed by atoms with Crippen molar-refractivity contribution < 1.29 is 32.7 Å². The molecule has 0 saturated heterocycles. The van der Waals surface area contributed by atoms with E-state index in [-0.39, 0.29) is 38.8 Å². The fourth-order valence-electron chi connectivity index (χ4n) is 3.18. The summed E-state index contributed by atoms with van der Waals surface area (Å²) in [5.41, 5.74) is 0.798. The third kappa shape index (κ3) is 9.10. The van der Waals surface area contributed by atoms with Crippen molar-refractivity contribution in [1.29, 1.82) is 0 Å². The van der Waals surface area contributed by atoms with Crippen molar-refractivity contribution in [3.8, 4) is 0 Å². The van der Waals surface area contributed by atoms with Gasteiger partial charge >= 0.3 is 13.6 Å². The molecule has 1 atom stereocenters. The Kier molecular flexibility index (Phi) is 12.2. The van der Waals surface area contributed by atoms with Crippen molar-refractivity contribution in [1.82, 2.24) is 10.2 Å². The molecule has 1 rings (SSSR count).